The molecule has 1 aromatic carbocycles. The zero-order chi connectivity index (χ0) is 16.8. The van der Waals surface area contributed by atoms with Gasteiger partial charge in [0.25, 0.3) is 0 Å². The molecule has 1 saturated heterocycles. The monoisotopic (exact) mass is 382 g/mol. The molecule has 6 heteroatoms. The van der Waals surface area contributed by atoms with Crippen LogP contribution in [0.15, 0.2) is 22.7 Å². The van der Waals surface area contributed by atoms with Gasteiger partial charge in [0.15, 0.2) is 0 Å². The van der Waals surface area contributed by atoms with Crippen LogP contribution in [0.1, 0.15) is 24.8 Å². The van der Waals surface area contributed by atoms with Gasteiger partial charge >= 0.3 is 0 Å². The molecule has 0 spiro atoms. The topological polar surface area (TPSA) is 58.6 Å². The standard InChI is InChI=1S/C17H23BrN2O3/c1-12-9-14(5-6-15(12)18)20-11-13(10-16(20)21)17(22)19-7-3-4-8-23-2/h5-6,9,13H,3-4,7-8,10-11H2,1-2H3,(H,19,22). The Hall–Kier alpha value is -1.40. The van der Waals surface area contributed by atoms with Gasteiger partial charge < -0.3 is 15.0 Å². The number of methoxy groups -OCH3 is 1. The molecular formula is C17H23BrN2O3. The van der Waals surface area contributed by atoms with Crippen LogP contribution in [0.5, 0.6) is 0 Å². The van der Waals surface area contributed by atoms with Crippen LogP contribution in [-0.4, -0.2) is 38.6 Å². The molecule has 5 nitrogen and oxygen atoms in total. The summed E-state index contributed by atoms with van der Waals surface area (Å²) in [6.45, 7) is 3.76. The number of nitrogens with one attached hydrogen (secondary N) is 1. The molecule has 1 heterocycles. The van der Waals surface area contributed by atoms with Gasteiger partial charge in [-0.05, 0) is 43.5 Å². The Labute approximate surface area is 145 Å². The van der Waals surface area contributed by atoms with Gasteiger partial charge in [-0.3, -0.25) is 9.59 Å². The summed E-state index contributed by atoms with van der Waals surface area (Å²) in [4.78, 5) is 26.1. The molecule has 0 radical (unpaired) electrons. The quantitative estimate of drug-likeness (QED) is 0.737. The first kappa shape index (κ1) is 17.9. The molecule has 1 aliphatic heterocycles. The average Bonchev–Trinajstić information content (AvgIpc) is 2.92. The molecule has 1 fully saturated rings. The lowest BCUT2D eigenvalue weighted by molar-refractivity contribution is -0.126. The van der Waals surface area contributed by atoms with E-state index < -0.39 is 0 Å². The molecule has 1 N–H and O–H groups in total. The van der Waals surface area contributed by atoms with E-state index in [2.05, 4.69) is 21.2 Å². The van der Waals surface area contributed by atoms with Crippen molar-refractivity contribution in [1.82, 2.24) is 5.32 Å². The van der Waals surface area contributed by atoms with Crippen molar-refractivity contribution in [3.8, 4) is 0 Å². The second-order valence-corrected chi connectivity index (χ2v) is 6.68. The summed E-state index contributed by atoms with van der Waals surface area (Å²) in [5.74, 6) is -0.299. The van der Waals surface area contributed by atoms with Crippen molar-refractivity contribution in [1.29, 1.82) is 0 Å². The fraction of sp³-hybridized carbons (Fsp3) is 0.529. The van der Waals surface area contributed by atoms with Gasteiger partial charge in [0, 0.05) is 43.4 Å². The summed E-state index contributed by atoms with van der Waals surface area (Å²) in [6, 6.07) is 5.80. The summed E-state index contributed by atoms with van der Waals surface area (Å²) in [7, 11) is 1.67. The molecule has 23 heavy (non-hydrogen) atoms. The maximum Gasteiger partial charge on any atom is 0.227 e. The number of nitrogens with zero attached hydrogens (tertiary/aromatic N) is 1. The number of carbonyl (C=O) groups excluding carboxylic acids is 2. The van der Waals surface area contributed by atoms with E-state index in [1.807, 2.05) is 25.1 Å². The molecule has 1 aromatic rings. The summed E-state index contributed by atoms with van der Waals surface area (Å²) in [5.41, 5.74) is 1.92. The van der Waals surface area contributed by atoms with Crippen molar-refractivity contribution >= 4 is 33.4 Å². The molecule has 0 bridgehead atoms. The third kappa shape index (κ3) is 4.78. The van der Waals surface area contributed by atoms with Crippen molar-refractivity contribution in [2.75, 3.05) is 31.7 Å². The first-order valence-corrected chi connectivity index (χ1v) is 8.65. The summed E-state index contributed by atoms with van der Waals surface area (Å²) in [6.07, 6.45) is 2.08. The van der Waals surface area contributed by atoms with Crippen LogP contribution in [0, 0.1) is 12.8 Å². The van der Waals surface area contributed by atoms with E-state index in [0.717, 1.165) is 28.6 Å². The van der Waals surface area contributed by atoms with Gasteiger partial charge in [0.05, 0.1) is 5.92 Å². The Balaban J connectivity index is 1.89. The lowest BCUT2D eigenvalue weighted by Gasteiger charge is -2.17. The lowest BCUT2D eigenvalue weighted by Crippen LogP contribution is -2.33. The number of carbonyl (C=O) groups is 2. The Bertz CT molecular complexity index is 577. The number of unbranched alkanes of at least 4 members (excludes halogenated alkanes) is 1. The van der Waals surface area contributed by atoms with Crippen LogP contribution >= 0.6 is 15.9 Å². The van der Waals surface area contributed by atoms with Gasteiger partial charge in [-0.25, -0.2) is 0 Å². The third-order valence-electron chi connectivity index (χ3n) is 4.02. The predicted octanol–water partition coefficient (Wildman–Crippen LogP) is 2.65. The molecule has 2 amide bonds. The zero-order valence-electron chi connectivity index (χ0n) is 13.6. The maximum atomic E-state index is 12.2. The van der Waals surface area contributed by atoms with Crippen molar-refractivity contribution in [3.05, 3.63) is 28.2 Å². The average molecular weight is 383 g/mol. The highest BCUT2D eigenvalue weighted by Gasteiger charge is 2.34. The number of hydrogen-bond donors (Lipinski definition) is 1. The van der Waals surface area contributed by atoms with E-state index >= 15 is 0 Å². The minimum atomic E-state index is -0.270. The summed E-state index contributed by atoms with van der Waals surface area (Å²) >= 11 is 3.46. The summed E-state index contributed by atoms with van der Waals surface area (Å²) in [5, 5.41) is 2.92. The third-order valence-corrected chi connectivity index (χ3v) is 4.91. The van der Waals surface area contributed by atoms with E-state index in [0.29, 0.717) is 19.7 Å². The number of rotatable bonds is 7. The van der Waals surface area contributed by atoms with Crippen molar-refractivity contribution in [3.63, 3.8) is 0 Å². The number of hydrogen-bond acceptors (Lipinski definition) is 3. The van der Waals surface area contributed by atoms with Crippen LogP contribution in [0.25, 0.3) is 0 Å². The molecule has 0 aromatic heterocycles. The fourth-order valence-corrected chi connectivity index (χ4v) is 2.90. The van der Waals surface area contributed by atoms with Crippen LogP contribution in [-0.2, 0) is 14.3 Å². The van der Waals surface area contributed by atoms with Gasteiger partial charge in [0.1, 0.15) is 0 Å². The SMILES string of the molecule is COCCCCNC(=O)C1CC(=O)N(c2ccc(Br)c(C)c2)C1. The van der Waals surface area contributed by atoms with E-state index in [1.54, 1.807) is 12.0 Å². The van der Waals surface area contributed by atoms with Gasteiger partial charge in [-0.15, -0.1) is 0 Å². The highest BCUT2D eigenvalue weighted by Crippen LogP contribution is 2.28. The Morgan fingerprint density at radius 2 is 2.22 bits per heavy atom. The molecular weight excluding hydrogens is 360 g/mol. The first-order chi connectivity index (χ1) is 11.0. The second-order valence-electron chi connectivity index (χ2n) is 5.83. The van der Waals surface area contributed by atoms with Gasteiger partial charge in [-0.1, -0.05) is 15.9 Å². The van der Waals surface area contributed by atoms with E-state index in [-0.39, 0.29) is 24.2 Å². The van der Waals surface area contributed by atoms with E-state index in [1.165, 1.54) is 0 Å². The van der Waals surface area contributed by atoms with Crippen LogP contribution < -0.4 is 10.2 Å². The molecule has 1 aliphatic rings. The number of halogens is 1. The number of anilines is 1. The predicted molar refractivity (Wildman–Crippen MR) is 93.5 cm³/mol. The van der Waals surface area contributed by atoms with E-state index in [4.69, 9.17) is 4.74 Å². The number of amides is 2. The van der Waals surface area contributed by atoms with Gasteiger partial charge in [-0.2, -0.15) is 0 Å². The molecule has 1 unspecified atom stereocenters. The molecule has 0 aliphatic carbocycles. The maximum absolute atomic E-state index is 12.2. The molecule has 126 valence electrons. The van der Waals surface area contributed by atoms with Crippen LogP contribution in [0.2, 0.25) is 0 Å². The lowest BCUT2D eigenvalue weighted by atomic mass is 10.1. The smallest absolute Gasteiger partial charge is 0.227 e. The normalized spacial score (nSPS) is 17.6. The Morgan fingerprint density at radius 3 is 2.91 bits per heavy atom. The van der Waals surface area contributed by atoms with Gasteiger partial charge in [0.2, 0.25) is 11.8 Å². The zero-order valence-corrected chi connectivity index (χ0v) is 15.2. The Kier molecular flexibility index (Phi) is 6.59. The highest BCUT2D eigenvalue weighted by molar-refractivity contribution is 9.10. The first-order valence-electron chi connectivity index (χ1n) is 7.86. The van der Waals surface area contributed by atoms with E-state index in [9.17, 15) is 9.59 Å². The fourth-order valence-electron chi connectivity index (χ4n) is 2.66. The van der Waals surface area contributed by atoms with Crippen molar-refractivity contribution in [2.24, 2.45) is 5.92 Å². The number of benzene rings is 1. The highest BCUT2D eigenvalue weighted by atomic mass is 79.9. The van der Waals surface area contributed by atoms with Crippen molar-refractivity contribution < 1.29 is 14.3 Å². The molecule has 0 saturated carbocycles. The minimum Gasteiger partial charge on any atom is -0.385 e. The van der Waals surface area contributed by atoms with Crippen LogP contribution in [0.4, 0.5) is 5.69 Å². The summed E-state index contributed by atoms with van der Waals surface area (Å²) < 4.78 is 5.99. The van der Waals surface area contributed by atoms with Crippen LogP contribution in [0.3, 0.4) is 0 Å². The largest absolute Gasteiger partial charge is 0.385 e. The Morgan fingerprint density at radius 1 is 1.43 bits per heavy atom. The number of ether oxygens (including phenoxy) is 1. The second kappa shape index (κ2) is 8.45. The number of aryl methyl sites for hydroxylation is 1. The molecule has 1 atom stereocenters. The molecule has 2 rings (SSSR count). The van der Waals surface area contributed by atoms with Crippen molar-refractivity contribution in [2.45, 2.75) is 26.2 Å². The minimum absolute atomic E-state index is 0.00579.